The SMILES string of the molecule is Cc1cnccc1C1(O)CCNCC1. The van der Waals surface area contributed by atoms with Crippen LogP contribution in [0.3, 0.4) is 0 Å². The number of aromatic nitrogens is 1. The lowest BCUT2D eigenvalue weighted by atomic mass is 9.83. The van der Waals surface area contributed by atoms with Crippen molar-refractivity contribution in [3.05, 3.63) is 29.6 Å². The van der Waals surface area contributed by atoms with Crippen molar-refractivity contribution >= 4 is 0 Å². The third kappa shape index (κ3) is 1.65. The molecule has 0 aliphatic carbocycles. The van der Waals surface area contributed by atoms with Gasteiger partial charge in [-0.1, -0.05) is 0 Å². The molecule has 2 heterocycles. The molecule has 3 heteroatoms. The highest BCUT2D eigenvalue weighted by molar-refractivity contribution is 5.28. The second-order valence-electron chi connectivity index (χ2n) is 3.97. The van der Waals surface area contributed by atoms with Crippen LogP contribution >= 0.6 is 0 Å². The Morgan fingerprint density at radius 1 is 1.43 bits per heavy atom. The van der Waals surface area contributed by atoms with Crippen LogP contribution in [-0.2, 0) is 5.60 Å². The Kier molecular flexibility index (Phi) is 2.52. The van der Waals surface area contributed by atoms with Crippen molar-refractivity contribution in [2.24, 2.45) is 0 Å². The van der Waals surface area contributed by atoms with E-state index in [2.05, 4.69) is 10.3 Å². The smallest absolute Gasteiger partial charge is 0.0924 e. The van der Waals surface area contributed by atoms with Crippen molar-refractivity contribution in [3.63, 3.8) is 0 Å². The molecule has 0 bridgehead atoms. The molecule has 1 aliphatic heterocycles. The van der Waals surface area contributed by atoms with Crippen molar-refractivity contribution in [2.75, 3.05) is 13.1 Å². The van der Waals surface area contributed by atoms with E-state index in [1.807, 2.05) is 19.2 Å². The van der Waals surface area contributed by atoms with Crippen LogP contribution < -0.4 is 5.32 Å². The Bertz CT molecular complexity index is 319. The number of hydrogen-bond acceptors (Lipinski definition) is 3. The zero-order valence-electron chi connectivity index (χ0n) is 8.45. The van der Waals surface area contributed by atoms with Gasteiger partial charge in [0.15, 0.2) is 0 Å². The summed E-state index contributed by atoms with van der Waals surface area (Å²) in [6, 6.07) is 1.93. The molecule has 1 fully saturated rings. The molecule has 2 rings (SSSR count). The van der Waals surface area contributed by atoms with Gasteiger partial charge >= 0.3 is 0 Å². The number of nitrogens with one attached hydrogen (secondary N) is 1. The van der Waals surface area contributed by atoms with E-state index in [1.54, 1.807) is 6.20 Å². The van der Waals surface area contributed by atoms with Crippen LogP contribution in [0.4, 0.5) is 0 Å². The van der Waals surface area contributed by atoms with Crippen molar-refractivity contribution in [2.45, 2.75) is 25.4 Å². The summed E-state index contributed by atoms with van der Waals surface area (Å²) in [7, 11) is 0. The second-order valence-corrected chi connectivity index (χ2v) is 3.97. The van der Waals surface area contributed by atoms with E-state index >= 15 is 0 Å². The first-order valence-corrected chi connectivity index (χ1v) is 5.06. The molecule has 1 saturated heterocycles. The number of nitrogens with zero attached hydrogens (tertiary/aromatic N) is 1. The Morgan fingerprint density at radius 2 is 2.14 bits per heavy atom. The maximum absolute atomic E-state index is 10.5. The van der Waals surface area contributed by atoms with Gasteiger partial charge < -0.3 is 10.4 Å². The summed E-state index contributed by atoms with van der Waals surface area (Å²) < 4.78 is 0. The minimum atomic E-state index is -0.641. The molecule has 0 spiro atoms. The van der Waals surface area contributed by atoms with Gasteiger partial charge in [-0.2, -0.15) is 0 Å². The fourth-order valence-electron chi connectivity index (χ4n) is 2.11. The van der Waals surface area contributed by atoms with Crippen molar-refractivity contribution in [1.29, 1.82) is 0 Å². The van der Waals surface area contributed by atoms with E-state index in [9.17, 15) is 5.11 Å². The number of pyridine rings is 1. The molecule has 0 radical (unpaired) electrons. The lowest BCUT2D eigenvalue weighted by Gasteiger charge is -2.33. The van der Waals surface area contributed by atoms with Gasteiger partial charge in [0, 0.05) is 12.4 Å². The molecule has 14 heavy (non-hydrogen) atoms. The van der Waals surface area contributed by atoms with Crippen molar-refractivity contribution in [3.8, 4) is 0 Å². The highest BCUT2D eigenvalue weighted by Gasteiger charge is 2.32. The molecule has 0 atom stereocenters. The predicted molar refractivity (Wildman–Crippen MR) is 55.0 cm³/mol. The van der Waals surface area contributed by atoms with Crippen LogP contribution in [-0.4, -0.2) is 23.2 Å². The van der Waals surface area contributed by atoms with Crippen molar-refractivity contribution < 1.29 is 5.11 Å². The topological polar surface area (TPSA) is 45.2 Å². The lowest BCUT2D eigenvalue weighted by Crippen LogP contribution is -2.40. The van der Waals surface area contributed by atoms with Crippen LogP contribution in [0, 0.1) is 6.92 Å². The molecule has 3 nitrogen and oxygen atoms in total. The fourth-order valence-corrected chi connectivity index (χ4v) is 2.11. The molecule has 0 amide bonds. The zero-order chi connectivity index (χ0) is 10.0. The molecule has 0 unspecified atom stereocenters. The first kappa shape index (κ1) is 9.62. The van der Waals surface area contributed by atoms with Gasteiger partial charge in [-0.15, -0.1) is 0 Å². The summed E-state index contributed by atoms with van der Waals surface area (Å²) in [6.45, 7) is 3.78. The summed E-state index contributed by atoms with van der Waals surface area (Å²) in [5.41, 5.74) is 1.48. The van der Waals surface area contributed by atoms with E-state index in [-0.39, 0.29) is 0 Å². The number of aryl methyl sites for hydroxylation is 1. The zero-order valence-corrected chi connectivity index (χ0v) is 8.45. The Hall–Kier alpha value is -0.930. The highest BCUT2D eigenvalue weighted by atomic mass is 16.3. The Balaban J connectivity index is 2.32. The summed E-state index contributed by atoms with van der Waals surface area (Å²) >= 11 is 0. The van der Waals surface area contributed by atoms with Crippen molar-refractivity contribution in [1.82, 2.24) is 10.3 Å². The maximum Gasteiger partial charge on any atom is 0.0924 e. The van der Waals surface area contributed by atoms with Gasteiger partial charge in [0.05, 0.1) is 5.60 Å². The summed E-state index contributed by atoms with van der Waals surface area (Å²) in [6.07, 6.45) is 5.15. The first-order valence-electron chi connectivity index (χ1n) is 5.06. The molecule has 1 aromatic heterocycles. The molecular weight excluding hydrogens is 176 g/mol. The molecule has 1 aliphatic rings. The van der Waals surface area contributed by atoms with E-state index in [0.29, 0.717) is 0 Å². The predicted octanol–water partition coefficient (Wildman–Crippen LogP) is 0.961. The number of rotatable bonds is 1. The number of hydrogen-bond donors (Lipinski definition) is 2. The molecule has 0 saturated carbocycles. The van der Waals surface area contributed by atoms with E-state index in [1.165, 1.54) is 0 Å². The number of aliphatic hydroxyl groups is 1. The second kappa shape index (κ2) is 3.67. The van der Waals surface area contributed by atoms with Gasteiger partial charge in [-0.25, -0.2) is 0 Å². The van der Waals surface area contributed by atoms with E-state index in [0.717, 1.165) is 37.1 Å². The van der Waals surface area contributed by atoms with Gasteiger partial charge in [-0.3, -0.25) is 4.98 Å². The van der Waals surface area contributed by atoms with E-state index in [4.69, 9.17) is 0 Å². The quantitative estimate of drug-likeness (QED) is 0.696. The lowest BCUT2D eigenvalue weighted by molar-refractivity contribution is 0.00530. The maximum atomic E-state index is 10.5. The summed E-state index contributed by atoms with van der Waals surface area (Å²) in [4.78, 5) is 4.04. The van der Waals surface area contributed by atoms with Crippen LogP contribution in [0.25, 0.3) is 0 Å². The average Bonchev–Trinajstić information content (AvgIpc) is 2.19. The normalized spacial score (nSPS) is 20.7. The molecule has 76 valence electrons. The first-order chi connectivity index (χ1) is 6.72. The minimum Gasteiger partial charge on any atom is -0.385 e. The fraction of sp³-hybridized carbons (Fsp3) is 0.545. The molecule has 2 N–H and O–H groups in total. The van der Waals surface area contributed by atoms with Crippen LogP contribution in [0.1, 0.15) is 24.0 Å². The standard InChI is InChI=1S/C11H16N2O/c1-9-8-13-5-2-10(9)11(14)3-6-12-7-4-11/h2,5,8,12,14H,3-4,6-7H2,1H3. The van der Waals surface area contributed by atoms with Gasteiger partial charge in [0.25, 0.3) is 0 Å². The third-order valence-corrected chi connectivity index (χ3v) is 2.95. The Labute approximate surface area is 84.2 Å². The van der Waals surface area contributed by atoms with Crippen LogP contribution in [0.5, 0.6) is 0 Å². The monoisotopic (exact) mass is 192 g/mol. The van der Waals surface area contributed by atoms with Gasteiger partial charge in [0.2, 0.25) is 0 Å². The Morgan fingerprint density at radius 3 is 2.79 bits per heavy atom. The highest BCUT2D eigenvalue weighted by Crippen LogP contribution is 2.31. The van der Waals surface area contributed by atoms with Crippen LogP contribution in [0.15, 0.2) is 18.5 Å². The number of piperidine rings is 1. The average molecular weight is 192 g/mol. The van der Waals surface area contributed by atoms with Gasteiger partial charge in [0.1, 0.15) is 0 Å². The van der Waals surface area contributed by atoms with E-state index < -0.39 is 5.60 Å². The minimum absolute atomic E-state index is 0.641. The van der Waals surface area contributed by atoms with Gasteiger partial charge in [-0.05, 0) is 50.0 Å². The summed E-state index contributed by atoms with van der Waals surface area (Å²) in [5, 5.41) is 13.7. The molecule has 0 aromatic carbocycles. The third-order valence-electron chi connectivity index (χ3n) is 2.95. The summed E-state index contributed by atoms with van der Waals surface area (Å²) in [5.74, 6) is 0. The molecule has 1 aromatic rings. The van der Waals surface area contributed by atoms with Crippen LogP contribution in [0.2, 0.25) is 0 Å². The molecular formula is C11H16N2O. The largest absolute Gasteiger partial charge is 0.385 e.